The molecule has 3 heteroatoms. The summed E-state index contributed by atoms with van der Waals surface area (Å²) in [6, 6.07) is 3.81. The average Bonchev–Trinajstić information content (AvgIpc) is 1.85. The monoisotopic (exact) mass is 149 g/mol. The van der Waals surface area contributed by atoms with Crippen LogP contribution in [0.4, 0.5) is 5.82 Å². The number of hydrogen-bond acceptors (Lipinski definition) is 2. The summed E-state index contributed by atoms with van der Waals surface area (Å²) in [5.74, 6) is 1.20. The Kier molecular flexibility index (Phi) is 2.21. The van der Waals surface area contributed by atoms with E-state index in [0.717, 1.165) is 5.56 Å². The van der Waals surface area contributed by atoms with Gasteiger partial charge in [-0.3, -0.25) is 0 Å². The van der Waals surface area contributed by atoms with Gasteiger partial charge in [0.2, 0.25) is 0 Å². The fourth-order valence-electron chi connectivity index (χ4n) is 0.762. The van der Waals surface area contributed by atoms with Gasteiger partial charge < -0.3 is 5.73 Å². The van der Waals surface area contributed by atoms with Crippen LogP contribution in [0.5, 0.6) is 0 Å². The topological polar surface area (TPSA) is 51.3 Å². The lowest BCUT2D eigenvalue weighted by Crippen LogP contribution is -2.04. The van der Waals surface area contributed by atoms with Crippen molar-refractivity contribution in [1.29, 1.82) is 0 Å². The molecule has 0 bridgehead atoms. The van der Waals surface area contributed by atoms with E-state index in [0.29, 0.717) is 11.7 Å². The molecule has 0 saturated carbocycles. The number of nitrogens with zero attached hydrogens (tertiary/aromatic N) is 2. The SMILES string of the molecule is CC(N)=Nc1cc(C)ccn1. The summed E-state index contributed by atoms with van der Waals surface area (Å²) in [6.07, 6.45) is 1.72. The molecular weight excluding hydrogens is 138 g/mol. The fourth-order valence-corrected chi connectivity index (χ4v) is 0.762. The minimum absolute atomic E-state index is 0.531. The lowest BCUT2D eigenvalue weighted by molar-refractivity contribution is 1.23. The van der Waals surface area contributed by atoms with Crippen LogP contribution in [0.25, 0.3) is 0 Å². The smallest absolute Gasteiger partial charge is 0.154 e. The number of aliphatic imine (C=N–C) groups is 1. The van der Waals surface area contributed by atoms with Gasteiger partial charge in [0.1, 0.15) is 0 Å². The number of nitrogens with two attached hydrogens (primary N) is 1. The van der Waals surface area contributed by atoms with Crippen molar-refractivity contribution < 1.29 is 0 Å². The van der Waals surface area contributed by atoms with Crippen molar-refractivity contribution >= 4 is 11.7 Å². The number of hydrogen-bond donors (Lipinski definition) is 1. The van der Waals surface area contributed by atoms with Crippen molar-refractivity contribution in [3.63, 3.8) is 0 Å². The van der Waals surface area contributed by atoms with Gasteiger partial charge in [-0.15, -0.1) is 0 Å². The first-order valence-corrected chi connectivity index (χ1v) is 3.42. The van der Waals surface area contributed by atoms with Crippen LogP contribution in [0.15, 0.2) is 23.3 Å². The van der Waals surface area contributed by atoms with Crippen LogP contribution in [0.2, 0.25) is 0 Å². The second kappa shape index (κ2) is 3.14. The molecule has 0 aromatic carbocycles. The van der Waals surface area contributed by atoms with Crippen LogP contribution in [-0.4, -0.2) is 10.8 Å². The van der Waals surface area contributed by atoms with Crippen LogP contribution >= 0.6 is 0 Å². The molecular formula is C8H11N3. The average molecular weight is 149 g/mol. The molecule has 3 nitrogen and oxygen atoms in total. The molecule has 0 aliphatic heterocycles. The lowest BCUT2D eigenvalue weighted by atomic mass is 10.3. The van der Waals surface area contributed by atoms with Gasteiger partial charge >= 0.3 is 0 Å². The Morgan fingerprint density at radius 1 is 1.64 bits per heavy atom. The molecule has 0 atom stereocenters. The number of aromatic nitrogens is 1. The Morgan fingerprint density at radius 3 is 2.91 bits per heavy atom. The Hall–Kier alpha value is -1.38. The second-order valence-electron chi connectivity index (χ2n) is 2.44. The molecule has 1 aromatic heterocycles. The molecule has 0 fully saturated rings. The third-order valence-electron chi connectivity index (χ3n) is 1.19. The number of rotatable bonds is 1. The highest BCUT2D eigenvalue weighted by atomic mass is 14.9. The van der Waals surface area contributed by atoms with Gasteiger partial charge in [-0.1, -0.05) is 0 Å². The largest absolute Gasteiger partial charge is 0.387 e. The van der Waals surface area contributed by atoms with E-state index in [4.69, 9.17) is 5.73 Å². The Bertz CT molecular complexity index is 274. The van der Waals surface area contributed by atoms with E-state index < -0.39 is 0 Å². The third-order valence-corrected chi connectivity index (χ3v) is 1.19. The van der Waals surface area contributed by atoms with E-state index in [9.17, 15) is 0 Å². The van der Waals surface area contributed by atoms with Crippen molar-refractivity contribution in [3.05, 3.63) is 23.9 Å². The molecule has 0 saturated heterocycles. The van der Waals surface area contributed by atoms with Crippen molar-refractivity contribution in [1.82, 2.24) is 4.98 Å². The van der Waals surface area contributed by atoms with Gasteiger partial charge in [0.05, 0.1) is 5.84 Å². The standard InChI is InChI=1S/C8H11N3/c1-6-3-4-10-8(5-6)11-7(2)9/h3-5H,1-2H3,(H2,9,10,11). The maximum atomic E-state index is 5.38. The maximum absolute atomic E-state index is 5.38. The van der Waals surface area contributed by atoms with Gasteiger partial charge in [-0.2, -0.15) is 0 Å². The first kappa shape index (κ1) is 7.72. The van der Waals surface area contributed by atoms with Gasteiger partial charge in [-0.25, -0.2) is 9.98 Å². The molecule has 1 heterocycles. The van der Waals surface area contributed by atoms with Crippen LogP contribution in [0.1, 0.15) is 12.5 Å². The number of aryl methyl sites for hydroxylation is 1. The molecule has 0 amide bonds. The molecule has 1 rings (SSSR count). The molecule has 1 aromatic rings. The molecule has 0 aliphatic rings. The van der Waals surface area contributed by atoms with Crippen LogP contribution in [0.3, 0.4) is 0 Å². The first-order chi connectivity index (χ1) is 5.18. The molecule has 11 heavy (non-hydrogen) atoms. The summed E-state index contributed by atoms with van der Waals surface area (Å²) in [6.45, 7) is 3.73. The second-order valence-corrected chi connectivity index (χ2v) is 2.44. The zero-order valence-corrected chi connectivity index (χ0v) is 6.70. The summed E-state index contributed by atoms with van der Waals surface area (Å²) in [5, 5.41) is 0. The van der Waals surface area contributed by atoms with Crippen molar-refractivity contribution in [2.24, 2.45) is 10.7 Å². The number of amidine groups is 1. The Morgan fingerprint density at radius 2 is 2.36 bits per heavy atom. The first-order valence-electron chi connectivity index (χ1n) is 3.42. The summed E-state index contributed by atoms with van der Waals surface area (Å²) in [5.41, 5.74) is 6.52. The predicted molar refractivity (Wildman–Crippen MR) is 45.9 cm³/mol. The van der Waals surface area contributed by atoms with Gasteiger partial charge in [0.15, 0.2) is 5.82 Å². The zero-order chi connectivity index (χ0) is 8.27. The highest BCUT2D eigenvalue weighted by molar-refractivity contribution is 5.79. The van der Waals surface area contributed by atoms with E-state index in [1.54, 1.807) is 13.1 Å². The van der Waals surface area contributed by atoms with Crippen LogP contribution in [0, 0.1) is 6.92 Å². The Balaban J connectivity index is 2.97. The summed E-state index contributed by atoms with van der Waals surface area (Å²) >= 11 is 0. The highest BCUT2D eigenvalue weighted by Crippen LogP contribution is 2.08. The zero-order valence-electron chi connectivity index (χ0n) is 6.70. The van der Waals surface area contributed by atoms with E-state index in [1.807, 2.05) is 19.1 Å². The van der Waals surface area contributed by atoms with Gasteiger partial charge in [-0.05, 0) is 31.5 Å². The van der Waals surface area contributed by atoms with E-state index in [2.05, 4.69) is 9.98 Å². The van der Waals surface area contributed by atoms with Gasteiger partial charge in [0.25, 0.3) is 0 Å². The molecule has 2 N–H and O–H groups in total. The third kappa shape index (κ3) is 2.37. The molecule has 0 aliphatic carbocycles. The lowest BCUT2D eigenvalue weighted by Gasteiger charge is -1.94. The minimum Gasteiger partial charge on any atom is -0.387 e. The van der Waals surface area contributed by atoms with E-state index in [-0.39, 0.29) is 0 Å². The molecule has 0 spiro atoms. The summed E-state index contributed by atoms with van der Waals surface area (Å²) in [4.78, 5) is 8.02. The summed E-state index contributed by atoms with van der Waals surface area (Å²) < 4.78 is 0. The quantitative estimate of drug-likeness (QED) is 0.484. The van der Waals surface area contributed by atoms with Crippen LogP contribution in [-0.2, 0) is 0 Å². The van der Waals surface area contributed by atoms with Gasteiger partial charge in [0, 0.05) is 6.20 Å². The normalized spacial score (nSPS) is 11.6. The molecule has 58 valence electrons. The highest BCUT2D eigenvalue weighted by Gasteiger charge is 1.89. The molecule has 0 radical (unpaired) electrons. The van der Waals surface area contributed by atoms with E-state index in [1.165, 1.54) is 0 Å². The Labute approximate surface area is 66.0 Å². The number of pyridine rings is 1. The van der Waals surface area contributed by atoms with Crippen LogP contribution < -0.4 is 5.73 Å². The van der Waals surface area contributed by atoms with Crippen molar-refractivity contribution in [2.75, 3.05) is 0 Å². The minimum atomic E-state index is 0.531. The van der Waals surface area contributed by atoms with E-state index >= 15 is 0 Å². The van der Waals surface area contributed by atoms with Crippen molar-refractivity contribution in [3.8, 4) is 0 Å². The molecule has 0 unspecified atom stereocenters. The fraction of sp³-hybridized carbons (Fsp3) is 0.250. The summed E-state index contributed by atoms with van der Waals surface area (Å²) in [7, 11) is 0. The van der Waals surface area contributed by atoms with Crippen molar-refractivity contribution in [2.45, 2.75) is 13.8 Å². The maximum Gasteiger partial charge on any atom is 0.154 e. The predicted octanol–water partition coefficient (Wildman–Crippen LogP) is 1.40.